The van der Waals surface area contributed by atoms with Crippen LogP contribution >= 0.6 is 0 Å². The van der Waals surface area contributed by atoms with Gasteiger partial charge in [0, 0.05) is 18.1 Å². The van der Waals surface area contributed by atoms with Crippen LogP contribution in [0.5, 0.6) is 6.01 Å². The highest BCUT2D eigenvalue weighted by Crippen LogP contribution is 2.11. The third kappa shape index (κ3) is 2.82. The van der Waals surface area contributed by atoms with Gasteiger partial charge in [0.25, 0.3) is 5.91 Å². The molecular formula is C13H13N3O2. The van der Waals surface area contributed by atoms with Crippen LogP contribution in [0, 0.1) is 6.92 Å². The largest absolute Gasteiger partial charge is 0.467 e. The number of aryl methyl sites for hydroxylation is 1. The van der Waals surface area contributed by atoms with Gasteiger partial charge < -0.3 is 10.1 Å². The molecule has 0 saturated heterocycles. The van der Waals surface area contributed by atoms with E-state index in [2.05, 4.69) is 15.3 Å². The summed E-state index contributed by atoms with van der Waals surface area (Å²) in [5.74, 6) is -0.247. The van der Waals surface area contributed by atoms with Crippen LogP contribution < -0.4 is 10.1 Å². The van der Waals surface area contributed by atoms with Gasteiger partial charge in [-0.3, -0.25) is 4.79 Å². The molecule has 0 fully saturated rings. The van der Waals surface area contributed by atoms with Gasteiger partial charge in [-0.2, -0.15) is 0 Å². The summed E-state index contributed by atoms with van der Waals surface area (Å²) >= 11 is 0. The Kier molecular flexibility index (Phi) is 3.52. The van der Waals surface area contributed by atoms with Gasteiger partial charge in [-0.05, 0) is 24.6 Å². The molecule has 5 heteroatoms. The van der Waals surface area contributed by atoms with E-state index in [1.807, 2.05) is 31.2 Å². The Morgan fingerprint density at radius 2 is 2.00 bits per heavy atom. The summed E-state index contributed by atoms with van der Waals surface area (Å²) in [5, 5.41) is 2.78. The van der Waals surface area contributed by atoms with E-state index in [0.717, 1.165) is 11.3 Å². The van der Waals surface area contributed by atoms with E-state index in [9.17, 15) is 4.79 Å². The Morgan fingerprint density at radius 1 is 1.28 bits per heavy atom. The van der Waals surface area contributed by atoms with Crippen molar-refractivity contribution in [2.24, 2.45) is 0 Å². The average molecular weight is 243 g/mol. The molecule has 1 aromatic carbocycles. The molecule has 0 aliphatic heterocycles. The number of anilines is 1. The van der Waals surface area contributed by atoms with E-state index in [-0.39, 0.29) is 11.9 Å². The Bertz CT molecular complexity index is 552. The molecule has 1 aromatic heterocycles. The number of hydrogen-bond donors (Lipinski definition) is 1. The maximum Gasteiger partial charge on any atom is 0.316 e. The quantitative estimate of drug-likeness (QED) is 0.896. The molecule has 1 amide bonds. The minimum atomic E-state index is -0.247. The molecule has 0 spiro atoms. The molecule has 0 saturated carbocycles. The summed E-state index contributed by atoms with van der Waals surface area (Å²) < 4.78 is 4.83. The fourth-order valence-electron chi connectivity index (χ4n) is 1.46. The van der Waals surface area contributed by atoms with Crippen molar-refractivity contribution >= 4 is 11.6 Å². The van der Waals surface area contributed by atoms with Gasteiger partial charge in [0.05, 0.1) is 12.7 Å². The fraction of sp³-hybridized carbons (Fsp3) is 0.154. The predicted molar refractivity (Wildman–Crippen MR) is 67.7 cm³/mol. The number of carbonyl (C=O) groups excluding carboxylic acids is 1. The van der Waals surface area contributed by atoms with Crippen molar-refractivity contribution in [2.75, 3.05) is 12.4 Å². The van der Waals surface area contributed by atoms with Crippen LogP contribution in [0.2, 0.25) is 0 Å². The number of benzene rings is 1. The maximum absolute atomic E-state index is 11.9. The molecule has 1 heterocycles. The standard InChI is InChI=1S/C13H13N3O2/c1-9-4-3-5-11(6-9)16-12(17)10-7-14-13(18-2)15-8-10/h3-8H,1-2H3,(H,16,17). The Morgan fingerprint density at radius 3 is 2.61 bits per heavy atom. The first-order chi connectivity index (χ1) is 8.69. The molecule has 0 radical (unpaired) electrons. The molecular weight excluding hydrogens is 230 g/mol. The third-order valence-electron chi connectivity index (χ3n) is 2.35. The number of methoxy groups -OCH3 is 1. The number of nitrogens with one attached hydrogen (secondary N) is 1. The second kappa shape index (κ2) is 5.27. The zero-order valence-corrected chi connectivity index (χ0v) is 10.2. The van der Waals surface area contributed by atoms with E-state index in [1.165, 1.54) is 19.5 Å². The van der Waals surface area contributed by atoms with E-state index in [4.69, 9.17) is 4.74 Å². The molecule has 0 aliphatic rings. The van der Waals surface area contributed by atoms with Gasteiger partial charge in [0.2, 0.25) is 0 Å². The predicted octanol–water partition coefficient (Wildman–Crippen LogP) is 2.05. The monoisotopic (exact) mass is 243 g/mol. The van der Waals surface area contributed by atoms with Crippen molar-refractivity contribution in [1.82, 2.24) is 9.97 Å². The summed E-state index contributed by atoms with van der Waals surface area (Å²) in [4.78, 5) is 19.7. The molecule has 92 valence electrons. The van der Waals surface area contributed by atoms with Gasteiger partial charge in [-0.1, -0.05) is 12.1 Å². The lowest BCUT2D eigenvalue weighted by Gasteiger charge is -2.05. The fourth-order valence-corrected chi connectivity index (χ4v) is 1.46. The molecule has 2 aromatic rings. The lowest BCUT2D eigenvalue weighted by atomic mass is 10.2. The molecule has 18 heavy (non-hydrogen) atoms. The second-order valence-electron chi connectivity index (χ2n) is 3.78. The number of ether oxygens (including phenoxy) is 1. The highest BCUT2D eigenvalue weighted by Gasteiger charge is 2.07. The minimum Gasteiger partial charge on any atom is -0.467 e. The second-order valence-corrected chi connectivity index (χ2v) is 3.78. The summed E-state index contributed by atoms with van der Waals surface area (Å²) in [6.07, 6.45) is 2.86. The molecule has 5 nitrogen and oxygen atoms in total. The number of amides is 1. The zero-order valence-electron chi connectivity index (χ0n) is 10.2. The van der Waals surface area contributed by atoms with Crippen LogP contribution in [0.25, 0.3) is 0 Å². The van der Waals surface area contributed by atoms with Gasteiger partial charge in [0.15, 0.2) is 0 Å². The lowest BCUT2D eigenvalue weighted by molar-refractivity contribution is 0.102. The van der Waals surface area contributed by atoms with Crippen molar-refractivity contribution in [3.63, 3.8) is 0 Å². The highest BCUT2D eigenvalue weighted by atomic mass is 16.5. The topological polar surface area (TPSA) is 64.1 Å². The molecule has 0 aliphatic carbocycles. The number of rotatable bonds is 3. The normalized spacial score (nSPS) is 9.89. The van der Waals surface area contributed by atoms with E-state index in [0.29, 0.717) is 5.56 Å². The van der Waals surface area contributed by atoms with Gasteiger partial charge in [0.1, 0.15) is 0 Å². The molecule has 0 unspecified atom stereocenters. The van der Waals surface area contributed by atoms with Gasteiger partial charge in [-0.25, -0.2) is 9.97 Å². The molecule has 0 atom stereocenters. The number of nitrogens with zero attached hydrogens (tertiary/aromatic N) is 2. The van der Waals surface area contributed by atoms with Gasteiger partial charge >= 0.3 is 6.01 Å². The summed E-state index contributed by atoms with van der Waals surface area (Å²) in [6.45, 7) is 1.96. The van der Waals surface area contributed by atoms with E-state index in [1.54, 1.807) is 0 Å². The van der Waals surface area contributed by atoms with Crippen molar-refractivity contribution in [1.29, 1.82) is 0 Å². The summed E-state index contributed by atoms with van der Waals surface area (Å²) in [5.41, 5.74) is 2.21. The first-order valence-corrected chi connectivity index (χ1v) is 5.43. The smallest absolute Gasteiger partial charge is 0.316 e. The molecule has 1 N–H and O–H groups in total. The van der Waals surface area contributed by atoms with E-state index >= 15 is 0 Å². The maximum atomic E-state index is 11.9. The average Bonchev–Trinajstić information content (AvgIpc) is 2.39. The van der Waals surface area contributed by atoms with Crippen molar-refractivity contribution in [3.05, 3.63) is 47.8 Å². The van der Waals surface area contributed by atoms with E-state index < -0.39 is 0 Å². The van der Waals surface area contributed by atoms with Crippen LogP contribution in [-0.2, 0) is 0 Å². The summed E-state index contributed by atoms with van der Waals surface area (Å²) in [6, 6.07) is 7.81. The first-order valence-electron chi connectivity index (χ1n) is 5.43. The molecule has 2 rings (SSSR count). The van der Waals surface area contributed by atoms with Crippen LogP contribution in [0.15, 0.2) is 36.7 Å². The SMILES string of the molecule is COc1ncc(C(=O)Nc2cccc(C)c2)cn1. The Hall–Kier alpha value is -2.43. The Balaban J connectivity index is 2.11. The summed E-state index contributed by atoms with van der Waals surface area (Å²) in [7, 11) is 1.47. The van der Waals surface area contributed by atoms with Crippen LogP contribution in [0.4, 0.5) is 5.69 Å². The zero-order chi connectivity index (χ0) is 13.0. The lowest BCUT2D eigenvalue weighted by Crippen LogP contribution is -2.12. The Labute approximate surface area is 105 Å². The molecule has 0 bridgehead atoms. The highest BCUT2D eigenvalue weighted by molar-refractivity contribution is 6.03. The van der Waals surface area contributed by atoms with Crippen molar-refractivity contribution < 1.29 is 9.53 Å². The van der Waals surface area contributed by atoms with Crippen LogP contribution in [0.1, 0.15) is 15.9 Å². The number of hydrogen-bond acceptors (Lipinski definition) is 4. The van der Waals surface area contributed by atoms with Gasteiger partial charge in [-0.15, -0.1) is 0 Å². The number of carbonyl (C=O) groups is 1. The third-order valence-corrected chi connectivity index (χ3v) is 2.35. The first kappa shape index (κ1) is 12.0. The minimum absolute atomic E-state index is 0.238. The van der Waals surface area contributed by atoms with Crippen molar-refractivity contribution in [2.45, 2.75) is 6.92 Å². The van der Waals surface area contributed by atoms with Crippen LogP contribution in [0.3, 0.4) is 0 Å². The van der Waals surface area contributed by atoms with Crippen LogP contribution in [-0.4, -0.2) is 23.0 Å². The number of aromatic nitrogens is 2. The van der Waals surface area contributed by atoms with Crippen molar-refractivity contribution in [3.8, 4) is 6.01 Å².